The van der Waals surface area contributed by atoms with Gasteiger partial charge in [-0.1, -0.05) is 13.3 Å². The lowest BCUT2D eigenvalue weighted by Crippen LogP contribution is -2.38. The Kier molecular flexibility index (Phi) is 8.53. The predicted molar refractivity (Wildman–Crippen MR) is 123 cm³/mol. The van der Waals surface area contributed by atoms with Gasteiger partial charge in [-0.2, -0.15) is 4.31 Å². The molecule has 178 valence electrons. The van der Waals surface area contributed by atoms with Gasteiger partial charge >= 0.3 is 5.97 Å². The number of nitrogens with one attached hydrogen (secondary N) is 1. The molecule has 0 radical (unpaired) electrons. The van der Waals surface area contributed by atoms with Crippen molar-refractivity contribution in [2.75, 3.05) is 37.6 Å². The van der Waals surface area contributed by atoms with Gasteiger partial charge in [0.05, 0.1) is 11.3 Å². The summed E-state index contributed by atoms with van der Waals surface area (Å²) in [6, 6.07) is 4.73. The van der Waals surface area contributed by atoms with Crippen LogP contribution in [0.1, 0.15) is 69.2 Å². The second kappa shape index (κ2) is 11.1. The number of piperidine rings is 2. The second-order valence-electron chi connectivity index (χ2n) is 8.53. The molecule has 1 aromatic rings. The number of sulfonamides is 1. The molecule has 1 unspecified atom stereocenters. The lowest BCUT2D eigenvalue weighted by Gasteiger charge is -2.33. The molecule has 32 heavy (non-hydrogen) atoms. The van der Waals surface area contributed by atoms with Gasteiger partial charge in [0.15, 0.2) is 6.10 Å². The Morgan fingerprint density at radius 2 is 1.66 bits per heavy atom. The first-order valence-corrected chi connectivity index (χ1v) is 13.2. The lowest BCUT2D eigenvalue weighted by atomic mass is 10.1. The topological polar surface area (TPSA) is 96.0 Å². The van der Waals surface area contributed by atoms with Gasteiger partial charge in [-0.05, 0) is 63.6 Å². The summed E-state index contributed by atoms with van der Waals surface area (Å²) in [5.41, 5.74) is 0.775. The zero-order chi connectivity index (χ0) is 23.1. The number of hydrogen-bond acceptors (Lipinski definition) is 6. The molecule has 0 saturated carbocycles. The summed E-state index contributed by atoms with van der Waals surface area (Å²) < 4.78 is 34.0. The predicted octanol–water partition coefficient (Wildman–Crippen LogP) is 2.92. The molecule has 0 spiro atoms. The van der Waals surface area contributed by atoms with E-state index in [1.54, 1.807) is 12.1 Å². The third kappa shape index (κ3) is 5.81. The summed E-state index contributed by atoms with van der Waals surface area (Å²) in [5.74, 6) is -1.07. The Balaban J connectivity index is 1.89. The third-order valence-corrected chi connectivity index (χ3v) is 7.96. The number of hydrogen-bond donors (Lipinski definition) is 1. The van der Waals surface area contributed by atoms with E-state index in [1.165, 1.54) is 17.3 Å². The van der Waals surface area contributed by atoms with E-state index < -0.39 is 22.1 Å². The van der Waals surface area contributed by atoms with Crippen molar-refractivity contribution in [2.24, 2.45) is 0 Å². The Hall–Kier alpha value is -2.13. The van der Waals surface area contributed by atoms with Crippen LogP contribution in [0.15, 0.2) is 23.1 Å². The molecular formula is C23H35N3O5S. The number of amides is 1. The first-order chi connectivity index (χ1) is 15.3. The summed E-state index contributed by atoms with van der Waals surface area (Å²) in [6.45, 7) is 6.52. The number of carbonyl (C=O) groups is 2. The minimum absolute atomic E-state index is 0.136. The van der Waals surface area contributed by atoms with Crippen molar-refractivity contribution in [3.8, 4) is 0 Å². The van der Waals surface area contributed by atoms with Crippen LogP contribution in [0.4, 0.5) is 5.69 Å². The van der Waals surface area contributed by atoms with E-state index in [2.05, 4.69) is 10.2 Å². The third-order valence-electron chi connectivity index (χ3n) is 6.03. The lowest BCUT2D eigenvalue weighted by molar-refractivity contribution is -0.129. The molecule has 2 fully saturated rings. The highest BCUT2D eigenvalue weighted by Crippen LogP contribution is 2.32. The van der Waals surface area contributed by atoms with Gasteiger partial charge in [-0.3, -0.25) is 4.79 Å². The van der Waals surface area contributed by atoms with Gasteiger partial charge in [0, 0.05) is 32.7 Å². The van der Waals surface area contributed by atoms with Crippen LogP contribution in [-0.2, 0) is 19.6 Å². The smallest absolute Gasteiger partial charge is 0.338 e. The Bertz CT molecular complexity index is 906. The Morgan fingerprint density at radius 1 is 1.03 bits per heavy atom. The van der Waals surface area contributed by atoms with Crippen LogP contribution in [-0.4, -0.2) is 63.4 Å². The molecule has 2 aliphatic heterocycles. The number of rotatable bonds is 8. The summed E-state index contributed by atoms with van der Waals surface area (Å²) in [7, 11) is -3.75. The summed E-state index contributed by atoms with van der Waals surface area (Å²) >= 11 is 0. The molecule has 1 aromatic carbocycles. The molecule has 0 aromatic heterocycles. The zero-order valence-corrected chi connectivity index (χ0v) is 20.0. The first kappa shape index (κ1) is 24.5. The van der Waals surface area contributed by atoms with E-state index in [1.807, 2.05) is 6.92 Å². The van der Waals surface area contributed by atoms with Crippen molar-refractivity contribution >= 4 is 27.6 Å². The van der Waals surface area contributed by atoms with Gasteiger partial charge in [-0.25, -0.2) is 13.2 Å². The van der Waals surface area contributed by atoms with Crippen LogP contribution in [0, 0.1) is 0 Å². The first-order valence-electron chi connectivity index (χ1n) is 11.7. The molecule has 0 bridgehead atoms. The molecular weight excluding hydrogens is 430 g/mol. The normalized spacial score (nSPS) is 18.8. The maximum Gasteiger partial charge on any atom is 0.338 e. The van der Waals surface area contributed by atoms with Crippen LogP contribution in [0.25, 0.3) is 0 Å². The maximum absolute atomic E-state index is 13.6. The molecule has 2 heterocycles. The Morgan fingerprint density at radius 3 is 2.28 bits per heavy atom. The highest BCUT2D eigenvalue weighted by molar-refractivity contribution is 7.89. The van der Waals surface area contributed by atoms with Crippen molar-refractivity contribution in [2.45, 2.75) is 69.8 Å². The monoisotopic (exact) mass is 465 g/mol. The van der Waals surface area contributed by atoms with E-state index >= 15 is 0 Å². The molecule has 1 amide bonds. The van der Waals surface area contributed by atoms with E-state index in [9.17, 15) is 18.0 Å². The minimum Gasteiger partial charge on any atom is -0.449 e. The number of esters is 1. The maximum atomic E-state index is 13.6. The standard InChI is InChI=1S/C23H35N3O5S/c1-3-12-24-22(27)18(2)31-23(28)19-10-11-20(25-13-6-4-7-14-25)21(17-19)32(29,30)26-15-8-5-9-16-26/h10-11,17-18H,3-9,12-16H2,1-2H3,(H,24,27). The molecule has 3 rings (SSSR count). The highest BCUT2D eigenvalue weighted by Gasteiger charge is 2.31. The van der Waals surface area contributed by atoms with Crippen molar-refractivity contribution in [1.29, 1.82) is 0 Å². The number of anilines is 1. The van der Waals surface area contributed by atoms with Crippen LogP contribution >= 0.6 is 0 Å². The van der Waals surface area contributed by atoms with Crippen molar-refractivity contribution in [3.05, 3.63) is 23.8 Å². The average molecular weight is 466 g/mol. The van der Waals surface area contributed by atoms with E-state index in [-0.39, 0.29) is 16.4 Å². The van der Waals surface area contributed by atoms with Crippen LogP contribution in [0.3, 0.4) is 0 Å². The fraction of sp³-hybridized carbons (Fsp3) is 0.652. The molecule has 0 aliphatic carbocycles. The number of carbonyl (C=O) groups excluding carboxylic acids is 2. The highest BCUT2D eigenvalue weighted by atomic mass is 32.2. The minimum atomic E-state index is -3.75. The fourth-order valence-corrected chi connectivity index (χ4v) is 5.92. The summed E-state index contributed by atoms with van der Waals surface area (Å²) in [4.78, 5) is 27.1. The summed E-state index contributed by atoms with van der Waals surface area (Å²) in [6.07, 6.45) is 5.67. The number of benzene rings is 1. The number of nitrogens with zero attached hydrogens (tertiary/aromatic N) is 2. The van der Waals surface area contributed by atoms with E-state index in [0.717, 1.165) is 58.0 Å². The van der Waals surface area contributed by atoms with Crippen LogP contribution in [0.2, 0.25) is 0 Å². The van der Waals surface area contributed by atoms with E-state index in [4.69, 9.17) is 4.74 Å². The Labute approximate surface area is 191 Å². The van der Waals surface area contributed by atoms with Crippen molar-refractivity contribution in [3.63, 3.8) is 0 Å². The fourth-order valence-electron chi connectivity index (χ4n) is 4.16. The SMILES string of the molecule is CCCNC(=O)C(C)OC(=O)c1ccc(N2CCCCC2)c(S(=O)(=O)N2CCCCC2)c1. The van der Waals surface area contributed by atoms with Crippen LogP contribution < -0.4 is 10.2 Å². The van der Waals surface area contributed by atoms with Crippen molar-refractivity contribution in [1.82, 2.24) is 9.62 Å². The molecule has 2 saturated heterocycles. The van der Waals surface area contributed by atoms with Crippen molar-refractivity contribution < 1.29 is 22.7 Å². The largest absolute Gasteiger partial charge is 0.449 e. The van der Waals surface area contributed by atoms with Gasteiger partial charge in [0.1, 0.15) is 4.90 Å². The molecule has 1 atom stereocenters. The average Bonchev–Trinajstić information content (AvgIpc) is 2.83. The van der Waals surface area contributed by atoms with E-state index in [0.29, 0.717) is 25.3 Å². The zero-order valence-electron chi connectivity index (χ0n) is 19.1. The molecule has 9 heteroatoms. The second-order valence-corrected chi connectivity index (χ2v) is 10.4. The van der Waals surface area contributed by atoms with Crippen LogP contribution in [0.5, 0.6) is 0 Å². The van der Waals surface area contributed by atoms with Gasteiger partial charge < -0.3 is 15.0 Å². The quantitative estimate of drug-likeness (QED) is 0.593. The summed E-state index contributed by atoms with van der Waals surface area (Å²) in [5, 5.41) is 2.69. The van der Waals surface area contributed by atoms with Gasteiger partial charge in [0.25, 0.3) is 5.91 Å². The molecule has 1 N–H and O–H groups in total. The molecule has 8 nitrogen and oxygen atoms in total. The van der Waals surface area contributed by atoms with Gasteiger partial charge in [0.2, 0.25) is 10.0 Å². The number of ether oxygens (including phenoxy) is 1. The van der Waals surface area contributed by atoms with Gasteiger partial charge in [-0.15, -0.1) is 0 Å². The molecule has 2 aliphatic rings.